The van der Waals surface area contributed by atoms with Crippen molar-refractivity contribution in [1.82, 2.24) is 9.66 Å². The van der Waals surface area contributed by atoms with Crippen LogP contribution < -0.4 is 16.5 Å². The maximum Gasteiger partial charge on any atom is 0.266 e. The van der Waals surface area contributed by atoms with E-state index >= 15 is 0 Å². The predicted molar refractivity (Wildman–Crippen MR) is 92.4 cm³/mol. The molecule has 3 aromatic rings. The number of para-hydroxylation sites is 1. The average Bonchev–Trinajstić information content (AvgIpc) is 2.62. The highest BCUT2D eigenvalue weighted by Crippen LogP contribution is 2.16. The summed E-state index contributed by atoms with van der Waals surface area (Å²) in [5, 5.41) is 5.77. The van der Waals surface area contributed by atoms with Gasteiger partial charge in [-0.05, 0) is 25.1 Å². The normalized spacial score (nSPS) is 11.5. The van der Waals surface area contributed by atoms with Crippen LogP contribution in [-0.4, -0.2) is 16.7 Å². The molecule has 0 fully saturated rings. The number of aryl methyl sites for hydroxylation is 1. The van der Waals surface area contributed by atoms with Crippen LogP contribution in [0.4, 0.5) is 5.69 Å². The lowest BCUT2D eigenvalue weighted by atomic mass is 10.1. The van der Waals surface area contributed by atoms with E-state index in [0.717, 1.165) is 16.9 Å². The molecule has 2 N–H and O–H groups in total. The lowest BCUT2D eigenvalue weighted by Crippen LogP contribution is -2.38. The topological polar surface area (TPSA) is 59.4 Å². The van der Waals surface area contributed by atoms with Crippen molar-refractivity contribution < 1.29 is 0 Å². The second kappa shape index (κ2) is 6.36. The second-order valence-corrected chi connectivity index (χ2v) is 5.31. The molecule has 3 rings (SSSR count). The maximum absolute atomic E-state index is 5.55. The Labute approximate surface area is 135 Å². The number of nitrogens with zero attached hydrogens (tertiary/aromatic N) is 4. The number of aromatic nitrogens is 2. The molecule has 0 aliphatic heterocycles. The molecule has 1 heterocycles. The Morgan fingerprint density at radius 1 is 1.00 bits per heavy atom. The first-order valence-electron chi connectivity index (χ1n) is 7.39. The third kappa shape index (κ3) is 3.08. The fourth-order valence-electron chi connectivity index (χ4n) is 2.38. The molecule has 0 unspecified atom stereocenters. The van der Waals surface area contributed by atoms with Crippen molar-refractivity contribution in [2.45, 2.75) is 6.92 Å². The number of rotatable bonds is 3. The lowest BCUT2D eigenvalue weighted by Gasteiger charge is -2.22. The third-order valence-corrected chi connectivity index (χ3v) is 3.71. The van der Waals surface area contributed by atoms with Gasteiger partial charge in [0.15, 0.2) is 0 Å². The molecule has 2 aromatic carbocycles. The monoisotopic (exact) mass is 305 g/mol. The molecule has 116 valence electrons. The molecule has 5 nitrogen and oxygen atoms in total. The van der Waals surface area contributed by atoms with Crippen molar-refractivity contribution in [3.63, 3.8) is 0 Å². The zero-order valence-corrected chi connectivity index (χ0v) is 13.2. The minimum absolute atomic E-state index is 0.439. The van der Waals surface area contributed by atoms with Gasteiger partial charge in [0.2, 0.25) is 0 Å². The fraction of sp³-hybridized carbons (Fsp3) is 0.111. The van der Waals surface area contributed by atoms with Crippen molar-refractivity contribution >= 4 is 5.69 Å². The van der Waals surface area contributed by atoms with Crippen LogP contribution in [-0.2, 0) is 0 Å². The fourth-order valence-corrected chi connectivity index (χ4v) is 2.38. The quantitative estimate of drug-likeness (QED) is 0.597. The summed E-state index contributed by atoms with van der Waals surface area (Å²) in [5.41, 5.74) is 4.55. The van der Waals surface area contributed by atoms with Gasteiger partial charge in [-0.2, -0.15) is 0 Å². The van der Waals surface area contributed by atoms with Crippen molar-refractivity contribution in [2.75, 3.05) is 12.1 Å². The molecule has 5 heteroatoms. The van der Waals surface area contributed by atoms with E-state index in [1.807, 2.05) is 71.5 Å². The number of nitrogens with two attached hydrogens (primary N) is 1. The average molecular weight is 305 g/mol. The number of anilines is 1. The molecule has 23 heavy (non-hydrogen) atoms. The smallest absolute Gasteiger partial charge is 0.266 e. The van der Waals surface area contributed by atoms with Crippen molar-refractivity contribution in [2.24, 2.45) is 10.9 Å². The van der Waals surface area contributed by atoms with Crippen molar-refractivity contribution in [3.8, 4) is 11.3 Å². The molecule has 0 amide bonds. The van der Waals surface area contributed by atoms with Crippen LogP contribution in [0.5, 0.6) is 0 Å². The van der Waals surface area contributed by atoms with E-state index in [-0.39, 0.29) is 0 Å². The number of hydrogen-bond donors (Lipinski definition) is 1. The zero-order valence-electron chi connectivity index (χ0n) is 13.2. The van der Waals surface area contributed by atoms with Crippen molar-refractivity contribution in [3.05, 3.63) is 78.0 Å². The maximum atomic E-state index is 5.55. The van der Waals surface area contributed by atoms with Crippen LogP contribution in [0.25, 0.3) is 11.3 Å². The van der Waals surface area contributed by atoms with Gasteiger partial charge < -0.3 is 5.84 Å². The van der Waals surface area contributed by atoms with Gasteiger partial charge >= 0.3 is 0 Å². The Morgan fingerprint density at radius 2 is 1.70 bits per heavy atom. The summed E-state index contributed by atoms with van der Waals surface area (Å²) in [6.45, 7) is 2.06. The van der Waals surface area contributed by atoms with Crippen LogP contribution in [0.15, 0.2) is 72.0 Å². The molecule has 0 atom stereocenters. The van der Waals surface area contributed by atoms with Crippen LogP contribution in [0.1, 0.15) is 5.56 Å². The van der Waals surface area contributed by atoms with E-state index < -0.39 is 0 Å². The first-order chi connectivity index (χ1) is 11.2. The summed E-state index contributed by atoms with van der Waals surface area (Å²) >= 11 is 0. The summed E-state index contributed by atoms with van der Waals surface area (Å²) in [4.78, 5) is 4.57. The van der Waals surface area contributed by atoms with Gasteiger partial charge in [0.05, 0.1) is 11.4 Å². The van der Waals surface area contributed by atoms with E-state index in [9.17, 15) is 0 Å². The molecule has 0 bridgehead atoms. The van der Waals surface area contributed by atoms with Gasteiger partial charge in [-0.3, -0.25) is 5.01 Å². The molecule has 0 saturated heterocycles. The zero-order chi connectivity index (χ0) is 16.2. The van der Waals surface area contributed by atoms with Gasteiger partial charge in [-0.15, -0.1) is 5.10 Å². The summed E-state index contributed by atoms with van der Waals surface area (Å²) in [5.74, 6) is 5.55. The number of benzene rings is 2. The first-order valence-corrected chi connectivity index (χ1v) is 7.39. The Hall–Kier alpha value is -3.08. The van der Waals surface area contributed by atoms with Crippen LogP contribution >= 0.6 is 0 Å². The third-order valence-electron chi connectivity index (χ3n) is 3.71. The van der Waals surface area contributed by atoms with Gasteiger partial charge in [-0.25, -0.2) is 9.66 Å². The van der Waals surface area contributed by atoms with Crippen molar-refractivity contribution in [1.29, 1.82) is 0 Å². The largest absolute Gasteiger partial charge is 0.320 e. The van der Waals surface area contributed by atoms with E-state index in [0.29, 0.717) is 5.62 Å². The molecule has 1 aromatic heterocycles. The molecule has 0 radical (unpaired) electrons. The molecule has 0 aliphatic carbocycles. The lowest BCUT2D eigenvalue weighted by molar-refractivity contribution is 0.683. The minimum atomic E-state index is 0.439. The Balaban J connectivity index is 2.02. The highest BCUT2D eigenvalue weighted by molar-refractivity contribution is 5.58. The van der Waals surface area contributed by atoms with E-state index in [1.54, 1.807) is 0 Å². The van der Waals surface area contributed by atoms with Crippen LogP contribution in [0, 0.1) is 6.92 Å². The SMILES string of the molecule is Cc1ccc(-c2ccn(N(C)c3ccccc3)/c(=N/N)n2)cc1. The van der Waals surface area contributed by atoms with Crippen LogP contribution in [0.2, 0.25) is 0 Å². The van der Waals surface area contributed by atoms with Gasteiger partial charge in [0, 0.05) is 18.8 Å². The molecule has 0 spiro atoms. The molecular weight excluding hydrogens is 286 g/mol. The Morgan fingerprint density at radius 3 is 2.35 bits per heavy atom. The standard InChI is InChI=1S/C18H19N5/c1-14-8-10-15(11-9-14)17-12-13-23(18(20-17)21-19)22(2)16-6-4-3-5-7-16/h3-13H,19H2,1-2H3/b21-18+. The molecule has 0 saturated carbocycles. The summed E-state index contributed by atoms with van der Waals surface area (Å²) in [6.07, 6.45) is 1.92. The second-order valence-electron chi connectivity index (χ2n) is 5.31. The molecule has 0 aliphatic rings. The van der Waals surface area contributed by atoms with E-state index in [2.05, 4.69) is 29.1 Å². The van der Waals surface area contributed by atoms with E-state index in [4.69, 9.17) is 5.84 Å². The van der Waals surface area contributed by atoms with E-state index in [1.165, 1.54) is 5.56 Å². The summed E-state index contributed by atoms with van der Waals surface area (Å²) in [6, 6.07) is 20.2. The van der Waals surface area contributed by atoms with Gasteiger partial charge in [0.25, 0.3) is 5.62 Å². The van der Waals surface area contributed by atoms with Gasteiger partial charge in [0.1, 0.15) is 0 Å². The predicted octanol–water partition coefficient (Wildman–Crippen LogP) is 2.53. The van der Waals surface area contributed by atoms with Gasteiger partial charge in [-0.1, -0.05) is 48.0 Å². The number of hydrogen-bond acceptors (Lipinski definition) is 4. The minimum Gasteiger partial charge on any atom is -0.320 e. The highest BCUT2D eigenvalue weighted by Gasteiger charge is 2.06. The van der Waals surface area contributed by atoms with Crippen LogP contribution in [0.3, 0.4) is 0 Å². The highest BCUT2D eigenvalue weighted by atomic mass is 15.6. The first kappa shape index (κ1) is 14.8. The summed E-state index contributed by atoms with van der Waals surface area (Å²) in [7, 11) is 1.94. The Kier molecular flexibility index (Phi) is 4.10. The molecular formula is C18H19N5. The Bertz CT molecular complexity index is 851. The summed E-state index contributed by atoms with van der Waals surface area (Å²) < 4.78 is 1.81.